The van der Waals surface area contributed by atoms with Crippen LogP contribution < -0.4 is 10.6 Å². The molecule has 2 N–H and O–H groups in total. The lowest BCUT2D eigenvalue weighted by molar-refractivity contribution is -0.127. The molecule has 0 aromatic carbocycles. The Hall–Kier alpha value is -1.91. The highest BCUT2D eigenvalue weighted by Crippen LogP contribution is 2.09. The fraction of sp³-hybridized carbons (Fsp3) is 0.556. The van der Waals surface area contributed by atoms with Crippen molar-refractivity contribution < 1.29 is 4.79 Å². The monoisotopic (exact) mass is 485 g/mol. The number of hydrogen-bond acceptors (Lipinski definition) is 4. The van der Waals surface area contributed by atoms with Crippen LogP contribution in [0.25, 0.3) is 5.65 Å². The number of halogens is 1. The van der Waals surface area contributed by atoms with Crippen molar-refractivity contribution in [2.24, 2.45) is 4.99 Å². The van der Waals surface area contributed by atoms with Crippen molar-refractivity contribution in [1.82, 2.24) is 30.1 Å². The Balaban J connectivity index is 0.00000261. The van der Waals surface area contributed by atoms with E-state index in [4.69, 9.17) is 0 Å². The van der Waals surface area contributed by atoms with E-state index in [0.717, 1.165) is 62.9 Å². The van der Waals surface area contributed by atoms with Crippen molar-refractivity contribution in [2.75, 3.05) is 32.7 Å². The first-order valence-corrected chi connectivity index (χ1v) is 9.36. The largest absolute Gasteiger partial charge is 0.357 e. The molecule has 148 valence electrons. The van der Waals surface area contributed by atoms with Crippen LogP contribution in [-0.2, 0) is 11.2 Å². The molecule has 1 saturated heterocycles. The maximum Gasteiger partial charge on any atom is 0.222 e. The van der Waals surface area contributed by atoms with Crippen molar-refractivity contribution in [1.29, 1.82) is 0 Å². The number of pyridine rings is 1. The Morgan fingerprint density at radius 1 is 1.30 bits per heavy atom. The second kappa shape index (κ2) is 11.1. The topological polar surface area (TPSA) is 86.9 Å². The molecule has 0 aliphatic carbocycles. The lowest BCUT2D eigenvalue weighted by atomic mass is 10.4. The molecule has 0 atom stereocenters. The summed E-state index contributed by atoms with van der Waals surface area (Å²) in [7, 11) is 0. The van der Waals surface area contributed by atoms with E-state index in [0.29, 0.717) is 13.0 Å². The molecule has 1 fully saturated rings. The van der Waals surface area contributed by atoms with Crippen LogP contribution in [0, 0.1) is 0 Å². The van der Waals surface area contributed by atoms with E-state index in [1.165, 1.54) is 0 Å². The molecule has 1 aliphatic rings. The van der Waals surface area contributed by atoms with Gasteiger partial charge in [-0.1, -0.05) is 6.07 Å². The third-order valence-corrected chi connectivity index (χ3v) is 4.40. The second-order valence-corrected chi connectivity index (χ2v) is 6.32. The fourth-order valence-electron chi connectivity index (χ4n) is 3.09. The summed E-state index contributed by atoms with van der Waals surface area (Å²) in [6.45, 7) is 5.98. The fourth-order valence-corrected chi connectivity index (χ4v) is 3.09. The first kappa shape index (κ1) is 21.4. The summed E-state index contributed by atoms with van der Waals surface area (Å²) >= 11 is 0. The Morgan fingerprint density at radius 2 is 2.19 bits per heavy atom. The predicted octanol–water partition coefficient (Wildman–Crippen LogP) is 1.46. The minimum atomic E-state index is 0. The van der Waals surface area contributed by atoms with Crippen LogP contribution in [0.4, 0.5) is 0 Å². The molecule has 1 amide bonds. The maximum atomic E-state index is 11.6. The summed E-state index contributed by atoms with van der Waals surface area (Å²) in [6.07, 6.45) is 5.31. The van der Waals surface area contributed by atoms with Gasteiger partial charge in [-0.2, -0.15) is 0 Å². The number of guanidine groups is 1. The second-order valence-electron chi connectivity index (χ2n) is 6.32. The van der Waals surface area contributed by atoms with Gasteiger partial charge in [0.1, 0.15) is 5.82 Å². The molecule has 27 heavy (non-hydrogen) atoms. The molecular formula is C18H28IN7O. The highest BCUT2D eigenvalue weighted by atomic mass is 127. The van der Waals surface area contributed by atoms with E-state index < -0.39 is 0 Å². The number of aliphatic imine (C=N–C) groups is 1. The summed E-state index contributed by atoms with van der Waals surface area (Å²) in [5.41, 5.74) is 0.861. The number of hydrogen-bond donors (Lipinski definition) is 2. The lowest BCUT2D eigenvalue weighted by Gasteiger charge is -2.15. The number of carbonyl (C=O) groups is 1. The Kier molecular flexibility index (Phi) is 8.76. The van der Waals surface area contributed by atoms with Gasteiger partial charge in [0.15, 0.2) is 11.6 Å². The molecule has 3 heterocycles. The van der Waals surface area contributed by atoms with Crippen molar-refractivity contribution in [3.8, 4) is 0 Å². The minimum absolute atomic E-state index is 0. The number of nitrogens with zero attached hydrogens (tertiary/aromatic N) is 5. The smallest absolute Gasteiger partial charge is 0.222 e. The number of likely N-dealkylation sites (tertiary alicyclic amines) is 1. The van der Waals surface area contributed by atoms with Crippen molar-refractivity contribution in [3.63, 3.8) is 0 Å². The van der Waals surface area contributed by atoms with Crippen LogP contribution in [0.15, 0.2) is 29.4 Å². The zero-order valence-electron chi connectivity index (χ0n) is 15.7. The van der Waals surface area contributed by atoms with E-state index in [-0.39, 0.29) is 29.9 Å². The summed E-state index contributed by atoms with van der Waals surface area (Å²) in [6, 6.07) is 5.88. The normalized spacial score (nSPS) is 14.5. The number of amides is 1. The highest BCUT2D eigenvalue weighted by molar-refractivity contribution is 14.0. The quantitative estimate of drug-likeness (QED) is 0.256. The van der Waals surface area contributed by atoms with E-state index in [1.54, 1.807) is 0 Å². The van der Waals surface area contributed by atoms with Gasteiger partial charge in [-0.3, -0.25) is 14.2 Å². The first-order valence-electron chi connectivity index (χ1n) is 9.36. The van der Waals surface area contributed by atoms with Gasteiger partial charge in [-0.05, 0) is 31.9 Å². The van der Waals surface area contributed by atoms with Gasteiger partial charge in [0.25, 0.3) is 0 Å². The third-order valence-electron chi connectivity index (χ3n) is 4.40. The maximum absolute atomic E-state index is 11.6. The van der Waals surface area contributed by atoms with Gasteiger partial charge < -0.3 is 15.5 Å². The highest BCUT2D eigenvalue weighted by Gasteiger charge is 2.18. The number of rotatable bonds is 8. The van der Waals surface area contributed by atoms with E-state index in [2.05, 4.69) is 25.8 Å². The van der Waals surface area contributed by atoms with Crippen molar-refractivity contribution in [2.45, 2.75) is 32.6 Å². The van der Waals surface area contributed by atoms with Gasteiger partial charge in [-0.25, -0.2) is 0 Å². The summed E-state index contributed by atoms with van der Waals surface area (Å²) in [4.78, 5) is 18.1. The van der Waals surface area contributed by atoms with Gasteiger partial charge >= 0.3 is 0 Å². The molecule has 2 aromatic rings. The number of aromatic nitrogens is 3. The molecule has 8 nitrogen and oxygen atoms in total. The SMILES string of the molecule is CCNC(=NCCCN1CCCC1=O)NCCc1nnc2ccccn12.I. The van der Waals surface area contributed by atoms with Crippen molar-refractivity contribution in [3.05, 3.63) is 30.2 Å². The van der Waals surface area contributed by atoms with Crippen molar-refractivity contribution >= 4 is 41.5 Å². The molecule has 1 aliphatic heterocycles. The number of fused-ring (bicyclic) bond motifs is 1. The average Bonchev–Trinajstić information content (AvgIpc) is 3.25. The van der Waals surface area contributed by atoms with Gasteiger partial charge in [0.2, 0.25) is 5.91 Å². The predicted molar refractivity (Wildman–Crippen MR) is 117 cm³/mol. The average molecular weight is 485 g/mol. The lowest BCUT2D eigenvalue weighted by Crippen LogP contribution is -2.38. The van der Waals surface area contributed by atoms with Crippen LogP contribution in [0.1, 0.15) is 32.0 Å². The summed E-state index contributed by atoms with van der Waals surface area (Å²) in [5.74, 6) is 2.00. The number of carbonyl (C=O) groups excluding carboxylic acids is 1. The molecular weight excluding hydrogens is 457 g/mol. The van der Waals surface area contributed by atoms with E-state index >= 15 is 0 Å². The Morgan fingerprint density at radius 3 is 2.96 bits per heavy atom. The van der Waals surface area contributed by atoms with E-state index in [1.807, 2.05) is 40.6 Å². The standard InChI is InChI=1S/C18H27N7O.HI/c1-2-19-18(20-10-6-13-24-12-5-8-17(24)26)21-11-9-16-23-22-15-7-3-4-14-25(15)16;/h3-4,7,14H,2,5-6,8-13H2,1H3,(H2,19,20,21);1H. The summed E-state index contributed by atoms with van der Waals surface area (Å²) < 4.78 is 2.00. The Bertz CT molecular complexity index is 761. The zero-order valence-corrected chi connectivity index (χ0v) is 18.1. The van der Waals surface area contributed by atoms with Crippen LogP contribution in [-0.4, -0.2) is 64.1 Å². The Labute approximate surface area is 176 Å². The minimum Gasteiger partial charge on any atom is -0.357 e. The number of nitrogens with one attached hydrogen (secondary N) is 2. The van der Waals surface area contributed by atoms with E-state index in [9.17, 15) is 4.79 Å². The van der Waals surface area contributed by atoms with Crippen LogP contribution in [0.3, 0.4) is 0 Å². The molecule has 0 radical (unpaired) electrons. The molecule has 0 saturated carbocycles. The zero-order chi connectivity index (χ0) is 18.2. The third kappa shape index (κ3) is 6.05. The van der Waals surface area contributed by atoms with Crippen LogP contribution in [0.5, 0.6) is 0 Å². The summed E-state index contributed by atoms with van der Waals surface area (Å²) in [5, 5.41) is 15.0. The molecule has 0 bridgehead atoms. The molecule has 2 aromatic heterocycles. The molecule has 3 rings (SSSR count). The molecule has 9 heteroatoms. The van der Waals surface area contributed by atoms with Gasteiger partial charge in [0, 0.05) is 51.8 Å². The van der Waals surface area contributed by atoms with Crippen LogP contribution in [0.2, 0.25) is 0 Å². The first-order chi connectivity index (χ1) is 12.8. The van der Waals surface area contributed by atoms with Gasteiger partial charge in [-0.15, -0.1) is 34.2 Å². The van der Waals surface area contributed by atoms with Crippen LogP contribution >= 0.6 is 24.0 Å². The molecule has 0 spiro atoms. The van der Waals surface area contributed by atoms with Gasteiger partial charge in [0.05, 0.1) is 0 Å². The molecule has 0 unspecified atom stereocenters.